The van der Waals surface area contributed by atoms with Crippen LogP contribution in [-0.4, -0.2) is 27.8 Å². The third-order valence-corrected chi connectivity index (χ3v) is 5.77. The second kappa shape index (κ2) is 6.22. The van der Waals surface area contributed by atoms with E-state index in [1.807, 2.05) is 29.8 Å². The molecule has 0 saturated carbocycles. The fraction of sp³-hybridized carbons (Fsp3) is 0.182. The number of anilines is 1. The van der Waals surface area contributed by atoms with Gasteiger partial charge in [0.25, 0.3) is 5.91 Å². The molecule has 2 aromatic carbocycles. The molecule has 3 aromatic rings. The summed E-state index contributed by atoms with van der Waals surface area (Å²) >= 11 is 0. The van der Waals surface area contributed by atoms with Crippen LogP contribution in [0.3, 0.4) is 0 Å². The molecule has 2 amide bonds. The smallest absolute Gasteiger partial charge is 0.259 e. The fourth-order valence-electron chi connectivity index (χ4n) is 4.46. The number of nitrogens with zero attached hydrogens (tertiary/aromatic N) is 2. The zero-order valence-electron chi connectivity index (χ0n) is 16.1. The molecule has 3 heterocycles. The lowest BCUT2D eigenvalue weighted by Crippen LogP contribution is -2.33. The summed E-state index contributed by atoms with van der Waals surface area (Å²) in [5.74, 6) is -6.08. The molecule has 1 N–H and O–H groups in total. The van der Waals surface area contributed by atoms with Crippen LogP contribution in [0.15, 0.2) is 47.8 Å². The SMILES string of the molecule is CC(=O)N1CC2=C(C1=O)C(c1cc(F)c(F)c(F)c1)c1cn(C)c3cccc(c13)N2. The topological polar surface area (TPSA) is 54.3 Å². The Bertz CT molecular complexity index is 1290. The van der Waals surface area contributed by atoms with E-state index in [1.54, 1.807) is 6.20 Å². The van der Waals surface area contributed by atoms with Gasteiger partial charge >= 0.3 is 0 Å². The van der Waals surface area contributed by atoms with Gasteiger partial charge in [-0.2, -0.15) is 0 Å². The molecule has 2 aliphatic heterocycles. The van der Waals surface area contributed by atoms with Gasteiger partial charge in [-0.05, 0) is 35.4 Å². The highest BCUT2D eigenvalue weighted by Gasteiger charge is 2.42. The molecule has 1 atom stereocenters. The van der Waals surface area contributed by atoms with Crippen LogP contribution in [-0.2, 0) is 16.6 Å². The predicted octanol–water partition coefficient (Wildman–Crippen LogP) is 3.80. The Kier molecular flexibility index (Phi) is 3.83. The number of hydrogen-bond acceptors (Lipinski definition) is 3. The summed E-state index contributed by atoms with van der Waals surface area (Å²) in [6.07, 6.45) is 1.79. The maximum absolute atomic E-state index is 14.1. The summed E-state index contributed by atoms with van der Waals surface area (Å²) in [5.41, 5.74) is 3.03. The lowest BCUT2D eigenvalue weighted by atomic mass is 9.84. The van der Waals surface area contributed by atoms with Gasteiger partial charge in [0, 0.05) is 42.9 Å². The average molecular weight is 411 g/mol. The number of aromatic nitrogens is 1. The largest absolute Gasteiger partial charge is 0.356 e. The van der Waals surface area contributed by atoms with E-state index >= 15 is 0 Å². The number of carbonyl (C=O) groups excluding carboxylic acids is 2. The minimum Gasteiger partial charge on any atom is -0.356 e. The van der Waals surface area contributed by atoms with E-state index in [0.717, 1.165) is 33.6 Å². The number of imide groups is 1. The van der Waals surface area contributed by atoms with Crippen molar-refractivity contribution in [1.82, 2.24) is 9.47 Å². The van der Waals surface area contributed by atoms with E-state index in [1.165, 1.54) is 6.92 Å². The third-order valence-electron chi connectivity index (χ3n) is 5.77. The summed E-state index contributed by atoms with van der Waals surface area (Å²) < 4.78 is 43.8. The predicted molar refractivity (Wildman–Crippen MR) is 104 cm³/mol. The molecule has 8 heteroatoms. The number of aryl methyl sites for hydroxylation is 1. The summed E-state index contributed by atoms with van der Waals surface area (Å²) in [4.78, 5) is 26.2. The van der Waals surface area contributed by atoms with Crippen LogP contribution < -0.4 is 5.32 Å². The van der Waals surface area contributed by atoms with Gasteiger partial charge in [0.2, 0.25) is 5.91 Å². The van der Waals surface area contributed by atoms with Gasteiger partial charge in [0.05, 0.1) is 17.6 Å². The van der Waals surface area contributed by atoms with E-state index in [-0.39, 0.29) is 17.7 Å². The van der Waals surface area contributed by atoms with E-state index in [0.29, 0.717) is 11.3 Å². The van der Waals surface area contributed by atoms with E-state index in [4.69, 9.17) is 0 Å². The van der Waals surface area contributed by atoms with Gasteiger partial charge in [-0.15, -0.1) is 0 Å². The van der Waals surface area contributed by atoms with Crippen molar-refractivity contribution in [2.24, 2.45) is 7.05 Å². The van der Waals surface area contributed by atoms with Gasteiger partial charge < -0.3 is 9.88 Å². The van der Waals surface area contributed by atoms with Crippen LogP contribution in [0, 0.1) is 17.5 Å². The molecule has 152 valence electrons. The fourth-order valence-corrected chi connectivity index (χ4v) is 4.46. The van der Waals surface area contributed by atoms with Crippen molar-refractivity contribution in [1.29, 1.82) is 0 Å². The van der Waals surface area contributed by atoms with Gasteiger partial charge in [0.15, 0.2) is 17.5 Å². The molecule has 1 unspecified atom stereocenters. The quantitative estimate of drug-likeness (QED) is 0.620. The number of carbonyl (C=O) groups is 2. The molecule has 0 saturated heterocycles. The van der Waals surface area contributed by atoms with E-state index in [2.05, 4.69) is 5.32 Å². The first-order valence-corrected chi connectivity index (χ1v) is 9.32. The number of rotatable bonds is 1. The number of halogens is 3. The Morgan fingerprint density at radius 2 is 1.87 bits per heavy atom. The number of amides is 2. The van der Waals surface area contributed by atoms with Gasteiger partial charge in [-0.1, -0.05) is 6.07 Å². The van der Waals surface area contributed by atoms with Gasteiger partial charge in [0.1, 0.15) is 0 Å². The minimum atomic E-state index is -1.57. The molecule has 0 fully saturated rings. The van der Waals surface area contributed by atoms with Crippen LogP contribution in [0.5, 0.6) is 0 Å². The number of nitrogens with one attached hydrogen (secondary N) is 1. The third kappa shape index (κ3) is 2.43. The molecular weight excluding hydrogens is 395 g/mol. The zero-order chi connectivity index (χ0) is 21.3. The van der Waals surface area contributed by atoms with Crippen molar-refractivity contribution >= 4 is 28.4 Å². The molecule has 0 bridgehead atoms. The van der Waals surface area contributed by atoms with E-state index < -0.39 is 35.2 Å². The molecule has 0 spiro atoms. The molecule has 1 aromatic heterocycles. The van der Waals surface area contributed by atoms with Crippen LogP contribution >= 0.6 is 0 Å². The first-order valence-electron chi connectivity index (χ1n) is 9.32. The Balaban J connectivity index is 1.84. The lowest BCUT2D eigenvalue weighted by molar-refractivity contribution is -0.139. The minimum absolute atomic E-state index is 0.0267. The van der Waals surface area contributed by atoms with Crippen molar-refractivity contribution < 1.29 is 22.8 Å². The molecule has 30 heavy (non-hydrogen) atoms. The first-order chi connectivity index (χ1) is 14.3. The van der Waals surface area contributed by atoms with Crippen molar-refractivity contribution in [3.05, 3.63) is 76.4 Å². The summed E-state index contributed by atoms with van der Waals surface area (Å²) in [7, 11) is 1.83. The molecule has 5 rings (SSSR count). The zero-order valence-corrected chi connectivity index (χ0v) is 16.1. The second-order valence-electron chi connectivity index (χ2n) is 7.55. The first kappa shape index (κ1) is 18.5. The monoisotopic (exact) mass is 411 g/mol. The Labute approximate surface area is 169 Å². The van der Waals surface area contributed by atoms with Crippen LogP contribution in [0.4, 0.5) is 18.9 Å². The number of hydrogen-bond donors (Lipinski definition) is 1. The Hall–Kier alpha value is -3.55. The van der Waals surface area contributed by atoms with Crippen molar-refractivity contribution in [3.63, 3.8) is 0 Å². The van der Waals surface area contributed by atoms with Crippen LogP contribution in [0.2, 0.25) is 0 Å². The highest BCUT2D eigenvalue weighted by Crippen LogP contribution is 2.46. The molecule has 0 aliphatic carbocycles. The molecule has 5 nitrogen and oxygen atoms in total. The average Bonchev–Trinajstić information content (AvgIpc) is 3.14. The summed E-state index contributed by atoms with van der Waals surface area (Å²) in [6, 6.07) is 7.40. The highest BCUT2D eigenvalue weighted by atomic mass is 19.2. The maximum atomic E-state index is 14.1. The highest BCUT2D eigenvalue weighted by molar-refractivity contribution is 6.11. The normalized spacial score (nSPS) is 18.0. The molecule has 2 aliphatic rings. The van der Waals surface area contributed by atoms with Crippen molar-refractivity contribution in [2.45, 2.75) is 12.8 Å². The Morgan fingerprint density at radius 3 is 2.53 bits per heavy atom. The van der Waals surface area contributed by atoms with Gasteiger partial charge in [-0.3, -0.25) is 14.5 Å². The molecule has 0 radical (unpaired) electrons. The number of benzene rings is 2. The second-order valence-corrected chi connectivity index (χ2v) is 7.55. The van der Waals surface area contributed by atoms with Crippen LogP contribution in [0.1, 0.15) is 24.0 Å². The van der Waals surface area contributed by atoms with Crippen molar-refractivity contribution in [2.75, 3.05) is 11.9 Å². The van der Waals surface area contributed by atoms with Crippen molar-refractivity contribution in [3.8, 4) is 0 Å². The summed E-state index contributed by atoms with van der Waals surface area (Å²) in [5, 5.41) is 4.04. The molecular formula is C22H16F3N3O2. The maximum Gasteiger partial charge on any atom is 0.259 e. The Morgan fingerprint density at radius 1 is 1.17 bits per heavy atom. The standard InChI is InChI=1S/C22H16F3N3O2/c1-10(29)28-9-16-20(22(28)30)18(11-6-13(23)21(25)14(24)7-11)12-8-27(2)17-5-3-4-15(26-16)19(12)17/h3-8,18,26H,9H2,1-2H3. The lowest BCUT2D eigenvalue weighted by Gasteiger charge is -2.19. The van der Waals surface area contributed by atoms with Crippen LogP contribution in [0.25, 0.3) is 10.9 Å². The van der Waals surface area contributed by atoms with E-state index in [9.17, 15) is 22.8 Å². The van der Waals surface area contributed by atoms with Gasteiger partial charge in [-0.25, -0.2) is 13.2 Å². The summed E-state index contributed by atoms with van der Waals surface area (Å²) in [6.45, 7) is 1.31.